The Kier molecular flexibility index (Phi) is 4.43. The van der Waals surface area contributed by atoms with Crippen molar-refractivity contribution in [2.45, 2.75) is 36.8 Å². The highest BCUT2D eigenvalue weighted by Gasteiger charge is 2.22. The van der Waals surface area contributed by atoms with Gasteiger partial charge in [-0.2, -0.15) is 0 Å². The third kappa shape index (κ3) is 3.70. The van der Waals surface area contributed by atoms with Crippen LogP contribution in [0.1, 0.15) is 32.3 Å². The number of anilines is 1. The predicted molar refractivity (Wildman–Crippen MR) is 79.3 cm³/mol. The summed E-state index contributed by atoms with van der Waals surface area (Å²) < 4.78 is 0. The van der Waals surface area contributed by atoms with E-state index in [1.807, 2.05) is 37.3 Å². The summed E-state index contributed by atoms with van der Waals surface area (Å²) in [6.45, 7) is 3.50. The molecule has 19 heavy (non-hydrogen) atoms. The van der Waals surface area contributed by atoms with Gasteiger partial charge in [0.1, 0.15) is 5.78 Å². The lowest BCUT2D eigenvalue weighted by Crippen LogP contribution is -2.26. The summed E-state index contributed by atoms with van der Waals surface area (Å²) in [6.07, 6.45) is 5.30. The first-order valence-electron chi connectivity index (χ1n) is 6.34. The fourth-order valence-corrected chi connectivity index (χ4v) is 2.77. The number of amides is 1. The van der Waals surface area contributed by atoms with Gasteiger partial charge in [-0.25, -0.2) is 0 Å². The molecule has 1 aromatic rings. The maximum absolute atomic E-state index is 11.6. The van der Waals surface area contributed by atoms with Crippen LogP contribution in [-0.4, -0.2) is 16.9 Å². The molecule has 1 aromatic carbocycles. The zero-order valence-corrected chi connectivity index (χ0v) is 11.9. The van der Waals surface area contributed by atoms with Crippen molar-refractivity contribution in [2.24, 2.45) is 0 Å². The highest BCUT2D eigenvalue weighted by atomic mass is 32.2. The molecule has 0 saturated carbocycles. The normalized spacial score (nSPS) is 18.2. The Morgan fingerprint density at radius 3 is 3.00 bits per heavy atom. The van der Waals surface area contributed by atoms with Crippen LogP contribution in [0.2, 0.25) is 0 Å². The molecule has 1 aliphatic heterocycles. The minimum absolute atomic E-state index is 0.0375. The first-order valence-corrected chi connectivity index (χ1v) is 7.22. The number of allylic oxidation sites excluding steroid dienone is 1. The highest BCUT2D eigenvalue weighted by molar-refractivity contribution is 8.00. The molecule has 1 unspecified atom stereocenters. The molecule has 100 valence electrons. The second-order valence-corrected chi connectivity index (χ2v) is 6.03. The van der Waals surface area contributed by atoms with Crippen LogP contribution in [-0.2, 0) is 9.59 Å². The molecule has 0 bridgehead atoms. The average Bonchev–Trinajstić information content (AvgIpc) is 2.36. The number of hydrogen-bond donors (Lipinski definition) is 1. The number of nitrogens with one attached hydrogen (secondary N) is 1. The second-order valence-electron chi connectivity index (χ2n) is 4.65. The largest absolute Gasteiger partial charge is 0.324 e. The Bertz CT molecular complexity index is 537. The molecule has 3 nitrogen and oxygen atoms in total. The van der Waals surface area contributed by atoms with Crippen molar-refractivity contribution < 1.29 is 9.59 Å². The van der Waals surface area contributed by atoms with Gasteiger partial charge in [0, 0.05) is 11.3 Å². The van der Waals surface area contributed by atoms with Gasteiger partial charge in [0.25, 0.3) is 0 Å². The lowest BCUT2D eigenvalue weighted by molar-refractivity contribution is -0.117. The summed E-state index contributed by atoms with van der Waals surface area (Å²) in [4.78, 5) is 23.5. The fraction of sp³-hybridized carbons (Fsp3) is 0.333. The minimum Gasteiger partial charge on any atom is -0.324 e. The Morgan fingerprint density at radius 2 is 2.26 bits per heavy atom. The average molecular weight is 275 g/mol. The number of fused-ring (bicyclic) bond motifs is 1. The molecule has 0 radical (unpaired) electrons. The molecule has 1 amide bonds. The van der Waals surface area contributed by atoms with Gasteiger partial charge >= 0.3 is 0 Å². The zero-order valence-electron chi connectivity index (χ0n) is 11.1. The number of benzene rings is 1. The maximum Gasteiger partial charge on any atom is 0.237 e. The molecule has 1 heterocycles. The monoisotopic (exact) mass is 275 g/mol. The summed E-state index contributed by atoms with van der Waals surface area (Å²) in [7, 11) is 0. The smallest absolute Gasteiger partial charge is 0.237 e. The maximum atomic E-state index is 11.6. The molecule has 1 atom stereocenters. The van der Waals surface area contributed by atoms with Crippen LogP contribution in [0, 0.1) is 0 Å². The van der Waals surface area contributed by atoms with Crippen LogP contribution < -0.4 is 5.32 Å². The van der Waals surface area contributed by atoms with Gasteiger partial charge in [0.05, 0.1) is 10.9 Å². The Balaban J connectivity index is 2.07. The van der Waals surface area contributed by atoms with Gasteiger partial charge in [-0.3, -0.25) is 4.79 Å². The van der Waals surface area contributed by atoms with Crippen LogP contribution in [0.5, 0.6) is 0 Å². The van der Waals surface area contributed by atoms with Gasteiger partial charge in [0.15, 0.2) is 0 Å². The van der Waals surface area contributed by atoms with Gasteiger partial charge in [0.2, 0.25) is 5.91 Å². The van der Waals surface area contributed by atoms with E-state index in [0.29, 0.717) is 6.42 Å². The Labute approximate surface area is 117 Å². The van der Waals surface area contributed by atoms with Crippen molar-refractivity contribution in [2.75, 3.05) is 5.32 Å². The Morgan fingerprint density at radius 1 is 1.47 bits per heavy atom. The van der Waals surface area contributed by atoms with Crippen LogP contribution in [0.15, 0.2) is 29.2 Å². The molecule has 0 fully saturated rings. The standard InChI is InChI=1S/C15H17NO2S/c1-10(17)5-3-4-6-12-7-8-14-13(9-12)16-15(18)11(2)19-14/h4,6-9,11H,3,5H2,1-2H3,(H,16,18)/b6-4+. The quantitative estimate of drug-likeness (QED) is 0.914. The van der Waals surface area contributed by atoms with Gasteiger partial charge in [-0.1, -0.05) is 18.2 Å². The number of carbonyl (C=O) groups excluding carboxylic acids is 2. The molecule has 4 heteroatoms. The molecule has 2 rings (SSSR count). The van der Waals surface area contributed by atoms with Crippen LogP contribution in [0.25, 0.3) is 6.08 Å². The van der Waals surface area contributed by atoms with Gasteiger partial charge < -0.3 is 10.1 Å². The van der Waals surface area contributed by atoms with Crippen molar-refractivity contribution in [3.05, 3.63) is 29.8 Å². The zero-order chi connectivity index (χ0) is 13.8. The molecular weight excluding hydrogens is 258 g/mol. The summed E-state index contributed by atoms with van der Waals surface area (Å²) >= 11 is 1.58. The number of rotatable bonds is 4. The summed E-state index contributed by atoms with van der Waals surface area (Å²) in [5.41, 5.74) is 1.92. The number of ketones is 1. The lowest BCUT2D eigenvalue weighted by atomic mass is 10.1. The number of carbonyl (C=O) groups is 2. The number of hydrogen-bond acceptors (Lipinski definition) is 3. The van der Waals surface area contributed by atoms with E-state index in [9.17, 15) is 9.59 Å². The molecule has 1 N–H and O–H groups in total. The van der Waals surface area contributed by atoms with Gasteiger partial charge in [-0.05, 0) is 38.0 Å². The molecule has 1 aliphatic rings. The fourth-order valence-electron chi connectivity index (χ4n) is 1.84. The van der Waals surface area contributed by atoms with E-state index in [4.69, 9.17) is 0 Å². The topological polar surface area (TPSA) is 46.2 Å². The van der Waals surface area contributed by atoms with Crippen molar-refractivity contribution in [3.63, 3.8) is 0 Å². The van der Waals surface area contributed by atoms with E-state index in [2.05, 4.69) is 5.32 Å². The molecule has 0 spiro atoms. The van der Waals surface area contributed by atoms with E-state index in [-0.39, 0.29) is 16.9 Å². The molecule has 0 aromatic heterocycles. The van der Waals surface area contributed by atoms with Gasteiger partial charge in [-0.15, -0.1) is 11.8 Å². The first-order chi connectivity index (χ1) is 9.06. The van der Waals surface area contributed by atoms with Crippen molar-refractivity contribution in [3.8, 4) is 0 Å². The summed E-state index contributed by atoms with van der Waals surface area (Å²) in [5, 5.41) is 2.87. The minimum atomic E-state index is -0.0375. The van der Waals surface area contributed by atoms with Crippen LogP contribution in [0.3, 0.4) is 0 Å². The molecular formula is C15H17NO2S. The second kappa shape index (κ2) is 6.06. The SMILES string of the molecule is CC(=O)CC/C=C/c1ccc2c(c1)NC(=O)C(C)S2. The van der Waals surface area contributed by atoms with E-state index in [1.54, 1.807) is 18.7 Å². The lowest BCUT2D eigenvalue weighted by Gasteiger charge is -2.21. The molecule has 0 aliphatic carbocycles. The third-order valence-corrected chi connectivity index (χ3v) is 4.09. The van der Waals surface area contributed by atoms with Crippen molar-refractivity contribution >= 4 is 35.2 Å². The van der Waals surface area contributed by atoms with Crippen LogP contribution >= 0.6 is 11.8 Å². The third-order valence-electron chi connectivity index (χ3n) is 2.91. The Hall–Kier alpha value is -1.55. The van der Waals surface area contributed by atoms with Crippen molar-refractivity contribution in [1.82, 2.24) is 0 Å². The summed E-state index contributed by atoms with van der Waals surface area (Å²) in [6, 6.07) is 6.03. The number of thioether (sulfide) groups is 1. The highest BCUT2D eigenvalue weighted by Crippen LogP contribution is 2.36. The first kappa shape index (κ1) is 13.9. The number of Topliss-reactive ketones (excluding diaryl/α,β-unsaturated/α-hetero) is 1. The van der Waals surface area contributed by atoms with Crippen molar-refractivity contribution in [1.29, 1.82) is 0 Å². The van der Waals surface area contributed by atoms with E-state index >= 15 is 0 Å². The van der Waals surface area contributed by atoms with E-state index in [0.717, 1.165) is 22.6 Å². The van der Waals surface area contributed by atoms with E-state index < -0.39 is 0 Å². The molecule has 0 saturated heterocycles. The summed E-state index contributed by atoms with van der Waals surface area (Å²) in [5.74, 6) is 0.253. The predicted octanol–water partition coefficient (Wildman–Crippen LogP) is 3.50. The van der Waals surface area contributed by atoms with Crippen LogP contribution in [0.4, 0.5) is 5.69 Å². The van der Waals surface area contributed by atoms with E-state index in [1.165, 1.54) is 0 Å².